The second-order valence-electron chi connectivity index (χ2n) is 12.5. The molecule has 254 valence electrons. The number of carbonyl (C=O) groups is 2. The molecule has 0 spiro atoms. The first-order chi connectivity index (χ1) is 22.7. The molecule has 4 N–H and O–H groups in total. The number of amides is 1. The Bertz CT molecular complexity index is 1530. The van der Waals surface area contributed by atoms with Gasteiger partial charge in [0.05, 0.1) is 55.7 Å². The molecule has 2 aromatic heterocycles. The van der Waals surface area contributed by atoms with E-state index in [1.165, 1.54) is 11.1 Å². The maximum absolute atomic E-state index is 13.7. The smallest absolute Gasteiger partial charge is 0.366 e. The van der Waals surface area contributed by atoms with Gasteiger partial charge in [0.2, 0.25) is 5.91 Å². The zero-order chi connectivity index (χ0) is 33.2. The highest BCUT2D eigenvalue weighted by Crippen LogP contribution is 2.44. The summed E-state index contributed by atoms with van der Waals surface area (Å²) in [5, 5.41) is 60.9. The number of rotatable bonds is 11. The maximum Gasteiger partial charge on any atom is 0.366 e. The number of methoxy groups -OCH3 is 1. The van der Waals surface area contributed by atoms with Crippen LogP contribution in [0.4, 0.5) is 0 Å². The van der Waals surface area contributed by atoms with Gasteiger partial charge in [0.15, 0.2) is 5.72 Å². The lowest BCUT2D eigenvalue weighted by Crippen LogP contribution is -2.63. The lowest BCUT2D eigenvalue weighted by Gasteiger charge is -2.44. The largest absolute Gasteiger partial charge is 0.465 e. The van der Waals surface area contributed by atoms with E-state index in [0.29, 0.717) is 18.5 Å². The van der Waals surface area contributed by atoms with Crippen molar-refractivity contribution in [2.75, 3.05) is 20.3 Å². The van der Waals surface area contributed by atoms with E-state index in [9.17, 15) is 30.0 Å². The highest BCUT2D eigenvalue weighted by molar-refractivity contribution is 5.79. The first kappa shape index (κ1) is 33.1. The van der Waals surface area contributed by atoms with E-state index < -0.39 is 60.8 Å². The molecule has 3 fully saturated rings. The molecule has 6 rings (SSSR count). The molecule has 3 aliphatic rings. The van der Waals surface area contributed by atoms with E-state index in [-0.39, 0.29) is 19.1 Å². The molecule has 47 heavy (non-hydrogen) atoms. The van der Waals surface area contributed by atoms with Gasteiger partial charge in [-0.05, 0) is 37.8 Å². The molecule has 2 aliphatic heterocycles. The minimum atomic E-state index is -2.53. The van der Waals surface area contributed by atoms with Gasteiger partial charge in [-0.3, -0.25) is 4.79 Å². The molecule has 1 aliphatic carbocycles. The molecular weight excluding hydrogens is 614 g/mol. The number of aryl methyl sites for hydroxylation is 1. The maximum atomic E-state index is 13.7. The Hall–Kier alpha value is -3.80. The van der Waals surface area contributed by atoms with E-state index in [4.69, 9.17) is 14.2 Å². The van der Waals surface area contributed by atoms with Crippen molar-refractivity contribution < 1.29 is 44.2 Å². The molecule has 3 aromatic rings. The van der Waals surface area contributed by atoms with Crippen molar-refractivity contribution in [2.24, 2.45) is 0 Å². The van der Waals surface area contributed by atoms with Gasteiger partial charge in [-0.2, -0.15) is 0 Å². The molecule has 4 heterocycles. The summed E-state index contributed by atoms with van der Waals surface area (Å²) >= 11 is 0. The standard InChI is InChI=1S/C31H41N7O9/c1-45-29(43)31(46-14-8-11-21-16-37(35-32-21)22-12-6-3-7-13-22)15-24(40)26-27(47-31)28(42)30(44,19-39)38(26)25(41)18-36-17-23(33-34-36)20-9-4-2-5-10-20/h3,6-7,12-13,16-17,20,24,26-28,39-40,42,44H,2,4-5,8-11,14-15,18-19H2,1H3/t24?,26-,27?,28+,30+,31-/m1/s1. The summed E-state index contributed by atoms with van der Waals surface area (Å²) in [6.45, 7) is -1.47. The Morgan fingerprint density at radius 2 is 1.83 bits per heavy atom. The highest BCUT2D eigenvalue weighted by atomic mass is 16.7. The van der Waals surface area contributed by atoms with Crippen LogP contribution in [0.1, 0.15) is 62.3 Å². The third kappa shape index (κ3) is 6.40. The number of aliphatic hydroxyl groups is 4. The summed E-state index contributed by atoms with van der Waals surface area (Å²) in [6.07, 6.45) is 4.22. The monoisotopic (exact) mass is 655 g/mol. The van der Waals surface area contributed by atoms with E-state index in [0.717, 1.165) is 49.1 Å². The van der Waals surface area contributed by atoms with Gasteiger partial charge in [0, 0.05) is 18.5 Å². The molecule has 1 saturated carbocycles. The van der Waals surface area contributed by atoms with Crippen LogP contribution in [0.3, 0.4) is 0 Å². The third-order valence-corrected chi connectivity index (χ3v) is 9.38. The average molecular weight is 656 g/mol. The van der Waals surface area contributed by atoms with Crippen molar-refractivity contribution >= 4 is 11.9 Å². The van der Waals surface area contributed by atoms with Crippen molar-refractivity contribution in [1.29, 1.82) is 0 Å². The normalized spacial score (nSPS) is 29.5. The Kier molecular flexibility index (Phi) is 9.68. The van der Waals surface area contributed by atoms with Crippen LogP contribution in [0, 0.1) is 0 Å². The number of hydrogen-bond acceptors (Lipinski definition) is 13. The number of benzene rings is 1. The summed E-state index contributed by atoms with van der Waals surface area (Å²) in [7, 11) is 1.13. The zero-order valence-corrected chi connectivity index (χ0v) is 26.2. The van der Waals surface area contributed by atoms with Crippen LogP contribution in [0.2, 0.25) is 0 Å². The Morgan fingerprint density at radius 3 is 2.55 bits per heavy atom. The minimum absolute atomic E-state index is 0.0317. The third-order valence-electron chi connectivity index (χ3n) is 9.38. The van der Waals surface area contributed by atoms with E-state index in [2.05, 4.69) is 20.6 Å². The van der Waals surface area contributed by atoms with Gasteiger partial charge in [-0.15, -0.1) is 10.2 Å². The van der Waals surface area contributed by atoms with Crippen LogP contribution < -0.4 is 0 Å². The van der Waals surface area contributed by atoms with Gasteiger partial charge in [-0.25, -0.2) is 14.2 Å². The summed E-state index contributed by atoms with van der Waals surface area (Å²) in [5.74, 6) is -3.62. The predicted octanol–water partition coefficient (Wildman–Crippen LogP) is -0.172. The number of para-hydroxylation sites is 1. The second-order valence-corrected chi connectivity index (χ2v) is 12.5. The van der Waals surface area contributed by atoms with Crippen molar-refractivity contribution in [1.82, 2.24) is 34.9 Å². The lowest BCUT2D eigenvalue weighted by atomic mass is 9.87. The minimum Gasteiger partial charge on any atom is -0.465 e. The topological polar surface area (TPSA) is 207 Å². The number of ether oxygens (including phenoxy) is 3. The molecule has 1 aromatic carbocycles. The molecular formula is C31H41N7O9. The summed E-state index contributed by atoms with van der Waals surface area (Å²) in [4.78, 5) is 27.6. The number of aromatic nitrogens is 6. The number of carbonyl (C=O) groups excluding carboxylic acids is 2. The lowest BCUT2D eigenvalue weighted by molar-refractivity contribution is -0.304. The second kappa shape index (κ2) is 13.7. The van der Waals surface area contributed by atoms with Crippen LogP contribution in [0.15, 0.2) is 42.7 Å². The predicted molar refractivity (Wildman–Crippen MR) is 160 cm³/mol. The summed E-state index contributed by atoms with van der Waals surface area (Å²) in [6, 6.07) is 8.15. The van der Waals surface area contributed by atoms with Crippen LogP contribution in [0.5, 0.6) is 0 Å². The first-order valence-electron chi connectivity index (χ1n) is 16.0. The zero-order valence-electron chi connectivity index (χ0n) is 26.2. The molecule has 16 nitrogen and oxygen atoms in total. The fraction of sp³-hybridized carbons (Fsp3) is 0.613. The number of fused-ring (bicyclic) bond motifs is 1. The molecule has 1 amide bonds. The van der Waals surface area contributed by atoms with Gasteiger partial charge in [0.1, 0.15) is 18.8 Å². The van der Waals surface area contributed by atoms with E-state index in [1.807, 2.05) is 30.3 Å². The van der Waals surface area contributed by atoms with Gasteiger partial charge >= 0.3 is 5.97 Å². The SMILES string of the molecule is COC(=O)[C@@]1(OCCCc2cn(-c3ccccc3)nn2)CC(O)[C@@H]2C(O1)[C@H](O)[C@@](O)(CO)N2C(=O)Cn1cc(C2CCCCC2)nn1. The molecule has 16 heteroatoms. The van der Waals surface area contributed by atoms with E-state index in [1.54, 1.807) is 17.1 Å². The number of esters is 1. The van der Waals surface area contributed by atoms with Crippen molar-refractivity contribution in [3.63, 3.8) is 0 Å². The van der Waals surface area contributed by atoms with Crippen LogP contribution in [0.25, 0.3) is 5.69 Å². The van der Waals surface area contributed by atoms with Crippen LogP contribution in [-0.2, 0) is 36.8 Å². The molecule has 2 saturated heterocycles. The Labute approximate surface area is 270 Å². The average Bonchev–Trinajstić information content (AvgIpc) is 3.82. The van der Waals surface area contributed by atoms with Gasteiger partial charge in [0.25, 0.3) is 5.79 Å². The number of nitrogens with zero attached hydrogens (tertiary/aromatic N) is 7. The van der Waals surface area contributed by atoms with Crippen molar-refractivity contribution in [3.8, 4) is 5.69 Å². The molecule has 0 bridgehead atoms. The van der Waals surface area contributed by atoms with Gasteiger partial charge < -0.3 is 39.5 Å². The number of likely N-dealkylation sites (tertiary alicyclic amines) is 1. The molecule has 6 atom stereocenters. The molecule has 0 radical (unpaired) electrons. The van der Waals surface area contributed by atoms with Gasteiger partial charge in [-0.1, -0.05) is 47.9 Å². The highest BCUT2D eigenvalue weighted by Gasteiger charge is 2.68. The Balaban J connectivity index is 1.14. The van der Waals surface area contributed by atoms with E-state index >= 15 is 0 Å². The number of hydrogen-bond donors (Lipinski definition) is 4. The summed E-state index contributed by atoms with van der Waals surface area (Å²) in [5.41, 5.74) is -0.226. The van der Waals surface area contributed by atoms with Crippen LogP contribution >= 0.6 is 0 Å². The summed E-state index contributed by atoms with van der Waals surface area (Å²) < 4.78 is 19.9. The fourth-order valence-corrected chi connectivity index (χ4v) is 6.98. The van der Waals surface area contributed by atoms with Crippen molar-refractivity contribution in [3.05, 3.63) is 54.1 Å². The Morgan fingerprint density at radius 1 is 1.06 bits per heavy atom. The molecule has 2 unspecified atom stereocenters. The van der Waals surface area contributed by atoms with Crippen molar-refractivity contribution in [2.45, 2.75) is 99.7 Å². The quantitative estimate of drug-likeness (QED) is 0.157. The fourth-order valence-electron chi connectivity index (χ4n) is 6.98. The van der Waals surface area contributed by atoms with Crippen LogP contribution in [-0.4, -0.2) is 123 Å². The first-order valence-corrected chi connectivity index (χ1v) is 16.0. The number of aliphatic hydroxyl groups excluding tert-OH is 3.